The number of amides is 1. The molecule has 0 fully saturated rings. The zero-order chi connectivity index (χ0) is 11.1. The number of unbranched alkanes of at least 4 members (excludes halogenated alkanes) is 1. The first-order chi connectivity index (χ1) is 7.27. The summed E-state index contributed by atoms with van der Waals surface area (Å²) in [6, 6.07) is 1.51. The molecule has 0 atom stereocenters. The van der Waals surface area contributed by atoms with E-state index in [-0.39, 0.29) is 5.69 Å². The molecule has 1 amide bonds. The highest BCUT2D eigenvalue weighted by Crippen LogP contribution is 2.05. The van der Waals surface area contributed by atoms with Crippen molar-refractivity contribution in [1.29, 1.82) is 0 Å². The quantitative estimate of drug-likeness (QED) is 0.312. The summed E-state index contributed by atoms with van der Waals surface area (Å²) in [5, 5.41) is 3.54. The zero-order valence-electron chi connectivity index (χ0n) is 8.66. The molecule has 1 rings (SSSR count). The van der Waals surface area contributed by atoms with Crippen LogP contribution in [0.2, 0.25) is 0 Å². The number of hydrogen-bond acceptors (Lipinski definition) is 5. The Bertz CT molecular complexity index is 311. The molecule has 6 heteroatoms. The number of nitrogens with two attached hydrogens (primary N) is 1. The summed E-state index contributed by atoms with van der Waals surface area (Å²) in [6.07, 6.45) is 2.08. The maximum Gasteiger partial charge on any atom is 0.287 e. The van der Waals surface area contributed by atoms with Crippen molar-refractivity contribution in [2.75, 3.05) is 6.61 Å². The summed E-state index contributed by atoms with van der Waals surface area (Å²) in [6.45, 7) is 3.09. The Kier molecular flexibility index (Phi) is 4.79. The van der Waals surface area contributed by atoms with Gasteiger partial charge >= 0.3 is 0 Å². The molecule has 0 spiro atoms. The van der Waals surface area contributed by atoms with Gasteiger partial charge in [-0.25, -0.2) is 5.84 Å². The SMILES string of the molecule is CCCCOCc1cc(C(=O)NN)no1. The highest BCUT2D eigenvalue weighted by molar-refractivity contribution is 5.91. The number of aromatic nitrogens is 1. The maximum atomic E-state index is 11.0. The minimum absolute atomic E-state index is 0.159. The molecule has 1 aromatic heterocycles. The van der Waals surface area contributed by atoms with Crippen LogP contribution in [0.5, 0.6) is 0 Å². The standard InChI is InChI=1S/C9H15N3O3/c1-2-3-4-14-6-7-5-8(12-15-7)9(13)11-10/h5H,2-4,6,10H2,1H3,(H,11,13). The van der Waals surface area contributed by atoms with Gasteiger partial charge in [0.1, 0.15) is 6.61 Å². The molecule has 0 saturated heterocycles. The molecule has 3 N–H and O–H groups in total. The van der Waals surface area contributed by atoms with Crippen LogP contribution in [0.15, 0.2) is 10.6 Å². The highest BCUT2D eigenvalue weighted by Gasteiger charge is 2.10. The Labute approximate surface area is 87.7 Å². The lowest BCUT2D eigenvalue weighted by Gasteiger charge is -1.98. The Hall–Kier alpha value is -1.40. The minimum atomic E-state index is -0.474. The summed E-state index contributed by atoms with van der Waals surface area (Å²) >= 11 is 0. The normalized spacial score (nSPS) is 10.3. The largest absolute Gasteiger partial charge is 0.373 e. The fourth-order valence-electron chi connectivity index (χ4n) is 0.981. The molecule has 0 aliphatic carbocycles. The van der Waals surface area contributed by atoms with Gasteiger partial charge < -0.3 is 9.26 Å². The van der Waals surface area contributed by atoms with E-state index in [2.05, 4.69) is 12.1 Å². The molecule has 1 heterocycles. The molecule has 15 heavy (non-hydrogen) atoms. The molecule has 0 aliphatic rings. The van der Waals surface area contributed by atoms with Gasteiger partial charge in [0.25, 0.3) is 5.91 Å². The number of hydrazine groups is 1. The van der Waals surface area contributed by atoms with Gasteiger partial charge in [-0.1, -0.05) is 18.5 Å². The topological polar surface area (TPSA) is 90.4 Å². The second-order valence-corrected chi connectivity index (χ2v) is 3.06. The maximum absolute atomic E-state index is 11.0. The van der Waals surface area contributed by atoms with Crippen molar-refractivity contribution in [3.05, 3.63) is 17.5 Å². The van der Waals surface area contributed by atoms with Crippen molar-refractivity contribution in [3.8, 4) is 0 Å². The van der Waals surface area contributed by atoms with E-state index >= 15 is 0 Å². The van der Waals surface area contributed by atoms with Crippen LogP contribution in [0.3, 0.4) is 0 Å². The predicted molar refractivity (Wildman–Crippen MR) is 52.7 cm³/mol. The fourth-order valence-corrected chi connectivity index (χ4v) is 0.981. The van der Waals surface area contributed by atoms with Crippen LogP contribution in [0.25, 0.3) is 0 Å². The lowest BCUT2D eigenvalue weighted by Crippen LogP contribution is -2.30. The lowest BCUT2D eigenvalue weighted by atomic mass is 10.3. The first-order valence-corrected chi connectivity index (χ1v) is 4.82. The van der Waals surface area contributed by atoms with E-state index in [1.165, 1.54) is 6.07 Å². The molecule has 0 unspecified atom stereocenters. The van der Waals surface area contributed by atoms with E-state index < -0.39 is 5.91 Å². The van der Waals surface area contributed by atoms with E-state index in [9.17, 15) is 4.79 Å². The number of nitrogen functional groups attached to an aromatic ring is 1. The average molecular weight is 213 g/mol. The third-order valence-corrected chi connectivity index (χ3v) is 1.81. The number of nitrogens with one attached hydrogen (secondary N) is 1. The van der Waals surface area contributed by atoms with Crippen molar-refractivity contribution in [2.45, 2.75) is 26.4 Å². The smallest absolute Gasteiger partial charge is 0.287 e. The molecule has 1 aromatic rings. The fraction of sp³-hybridized carbons (Fsp3) is 0.556. The van der Waals surface area contributed by atoms with E-state index in [0.29, 0.717) is 19.0 Å². The van der Waals surface area contributed by atoms with Crippen molar-refractivity contribution in [1.82, 2.24) is 10.6 Å². The molecular formula is C9H15N3O3. The third-order valence-electron chi connectivity index (χ3n) is 1.81. The molecule has 0 radical (unpaired) electrons. The minimum Gasteiger partial charge on any atom is -0.373 e. The summed E-state index contributed by atoms with van der Waals surface area (Å²) in [4.78, 5) is 11.0. The Balaban J connectivity index is 2.36. The summed E-state index contributed by atoms with van der Waals surface area (Å²) < 4.78 is 10.2. The number of nitrogens with zero attached hydrogens (tertiary/aromatic N) is 1. The van der Waals surface area contributed by atoms with Crippen molar-refractivity contribution in [2.24, 2.45) is 5.84 Å². The Morgan fingerprint density at radius 2 is 2.53 bits per heavy atom. The molecule has 0 saturated carbocycles. The lowest BCUT2D eigenvalue weighted by molar-refractivity contribution is 0.0935. The van der Waals surface area contributed by atoms with Crippen LogP contribution in [0.1, 0.15) is 36.0 Å². The molecule has 0 aliphatic heterocycles. The number of hydrogen-bond donors (Lipinski definition) is 2. The van der Waals surface area contributed by atoms with Crippen molar-refractivity contribution in [3.63, 3.8) is 0 Å². The van der Waals surface area contributed by atoms with E-state index in [1.54, 1.807) is 0 Å². The van der Waals surface area contributed by atoms with E-state index in [0.717, 1.165) is 12.8 Å². The van der Waals surface area contributed by atoms with Gasteiger partial charge in [-0.2, -0.15) is 0 Å². The molecular weight excluding hydrogens is 198 g/mol. The van der Waals surface area contributed by atoms with Gasteiger partial charge in [-0.3, -0.25) is 10.2 Å². The second-order valence-electron chi connectivity index (χ2n) is 3.06. The molecule has 0 bridgehead atoms. The van der Waals surface area contributed by atoms with Crippen molar-refractivity contribution >= 4 is 5.91 Å². The van der Waals surface area contributed by atoms with E-state index in [1.807, 2.05) is 5.43 Å². The third kappa shape index (κ3) is 3.69. The molecule has 6 nitrogen and oxygen atoms in total. The van der Waals surface area contributed by atoms with Crippen molar-refractivity contribution < 1.29 is 14.1 Å². The van der Waals surface area contributed by atoms with Gasteiger partial charge in [-0.05, 0) is 6.42 Å². The molecule has 84 valence electrons. The Morgan fingerprint density at radius 3 is 3.20 bits per heavy atom. The number of rotatable bonds is 6. The monoisotopic (exact) mass is 213 g/mol. The van der Waals surface area contributed by atoms with Crippen LogP contribution in [-0.4, -0.2) is 17.7 Å². The summed E-state index contributed by atoms with van der Waals surface area (Å²) in [7, 11) is 0. The van der Waals surface area contributed by atoms with Gasteiger partial charge in [0.2, 0.25) is 0 Å². The first-order valence-electron chi connectivity index (χ1n) is 4.82. The van der Waals surface area contributed by atoms with Gasteiger partial charge in [0, 0.05) is 12.7 Å². The summed E-state index contributed by atoms with van der Waals surface area (Å²) in [5.74, 6) is 4.99. The van der Waals surface area contributed by atoms with Crippen LogP contribution < -0.4 is 11.3 Å². The number of carbonyl (C=O) groups excluding carboxylic acids is 1. The second kappa shape index (κ2) is 6.15. The number of carbonyl (C=O) groups is 1. The Morgan fingerprint density at radius 1 is 1.73 bits per heavy atom. The van der Waals surface area contributed by atoms with Crippen LogP contribution >= 0.6 is 0 Å². The molecule has 0 aromatic carbocycles. The van der Waals surface area contributed by atoms with Gasteiger partial charge in [0.15, 0.2) is 11.5 Å². The number of ether oxygens (including phenoxy) is 1. The summed E-state index contributed by atoms with van der Waals surface area (Å²) in [5.41, 5.74) is 2.13. The zero-order valence-corrected chi connectivity index (χ0v) is 8.66. The highest BCUT2D eigenvalue weighted by atomic mass is 16.5. The first kappa shape index (κ1) is 11.7. The van der Waals surface area contributed by atoms with E-state index in [4.69, 9.17) is 15.1 Å². The van der Waals surface area contributed by atoms with Crippen LogP contribution in [0, 0.1) is 0 Å². The van der Waals surface area contributed by atoms with Crippen LogP contribution in [0.4, 0.5) is 0 Å². The average Bonchev–Trinajstić information content (AvgIpc) is 2.72. The predicted octanol–water partition coefficient (Wildman–Crippen LogP) is 0.595. The van der Waals surface area contributed by atoms with Gasteiger partial charge in [-0.15, -0.1) is 0 Å². The van der Waals surface area contributed by atoms with Crippen LogP contribution in [-0.2, 0) is 11.3 Å². The van der Waals surface area contributed by atoms with Gasteiger partial charge in [0.05, 0.1) is 0 Å².